The van der Waals surface area contributed by atoms with Gasteiger partial charge in [-0.3, -0.25) is 15.0 Å². The van der Waals surface area contributed by atoms with E-state index in [1.807, 2.05) is 6.20 Å². The zero-order chi connectivity index (χ0) is 19.2. The monoisotopic (exact) mass is 396 g/mol. The van der Waals surface area contributed by atoms with Crippen molar-refractivity contribution in [1.29, 1.82) is 0 Å². The van der Waals surface area contributed by atoms with Crippen LogP contribution in [0.2, 0.25) is 0 Å². The number of urea groups is 1. The quantitative estimate of drug-likeness (QED) is 0.767. The van der Waals surface area contributed by atoms with Gasteiger partial charge in [0.25, 0.3) is 0 Å². The molecule has 0 radical (unpaired) electrons. The highest BCUT2D eigenvalue weighted by molar-refractivity contribution is 7.15. The fourth-order valence-electron chi connectivity index (χ4n) is 3.75. The molecule has 1 unspecified atom stereocenters. The number of anilines is 1. The van der Waals surface area contributed by atoms with Crippen molar-refractivity contribution in [2.24, 2.45) is 0 Å². The van der Waals surface area contributed by atoms with Gasteiger partial charge in [0.05, 0.1) is 19.3 Å². The van der Waals surface area contributed by atoms with Gasteiger partial charge in [0, 0.05) is 30.7 Å². The van der Waals surface area contributed by atoms with Gasteiger partial charge in [-0.1, -0.05) is 19.3 Å². The van der Waals surface area contributed by atoms with Crippen LogP contribution in [0.3, 0.4) is 0 Å². The molecule has 9 heteroatoms. The van der Waals surface area contributed by atoms with Crippen LogP contribution in [0.25, 0.3) is 0 Å². The van der Waals surface area contributed by atoms with E-state index in [2.05, 4.69) is 10.3 Å². The van der Waals surface area contributed by atoms with Crippen LogP contribution < -0.4 is 5.32 Å². The van der Waals surface area contributed by atoms with Crippen LogP contribution in [-0.2, 0) is 9.53 Å². The molecular formula is C18H28N4O4S. The number of aromatic nitrogens is 1. The van der Waals surface area contributed by atoms with E-state index in [-0.39, 0.29) is 18.7 Å². The summed E-state index contributed by atoms with van der Waals surface area (Å²) in [5, 5.41) is 12.4. The van der Waals surface area contributed by atoms with E-state index in [0.717, 1.165) is 0 Å². The number of thiazole rings is 1. The van der Waals surface area contributed by atoms with Crippen molar-refractivity contribution >= 4 is 28.5 Å². The maximum atomic E-state index is 12.6. The molecule has 2 amide bonds. The summed E-state index contributed by atoms with van der Waals surface area (Å²) in [6.07, 6.45) is 8.00. The number of hydrogen-bond acceptors (Lipinski definition) is 6. The van der Waals surface area contributed by atoms with E-state index in [0.29, 0.717) is 37.3 Å². The molecule has 3 rings (SSSR count). The van der Waals surface area contributed by atoms with Crippen molar-refractivity contribution < 1.29 is 19.4 Å². The third kappa shape index (κ3) is 5.88. The molecule has 27 heavy (non-hydrogen) atoms. The van der Waals surface area contributed by atoms with Crippen LogP contribution in [-0.4, -0.2) is 77.8 Å². The second-order valence-electron chi connectivity index (χ2n) is 7.36. The first-order chi connectivity index (χ1) is 13.0. The fourth-order valence-corrected chi connectivity index (χ4v) is 4.72. The number of carbonyl (C=O) groups is 2. The number of nitrogens with one attached hydrogen (secondary N) is 1. The highest BCUT2D eigenvalue weighted by Gasteiger charge is 2.26. The average molecular weight is 397 g/mol. The topological polar surface area (TPSA) is 95.0 Å². The lowest BCUT2D eigenvalue weighted by Crippen LogP contribution is -2.50. The predicted octanol–water partition coefficient (Wildman–Crippen LogP) is 2.44. The van der Waals surface area contributed by atoms with E-state index < -0.39 is 5.97 Å². The van der Waals surface area contributed by atoms with Gasteiger partial charge in [0.2, 0.25) is 0 Å². The summed E-state index contributed by atoms with van der Waals surface area (Å²) in [7, 11) is 1.73. The first-order valence-corrected chi connectivity index (χ1v) is 10.4. The third-order valence-corrected chi connectivity index (χ3v) is 6.17. The number of ether oxygens (including phenoxy) is 1. The summed E-state index contributed by atoms with van der Waals surface area (Å²) in [5.41, 5.74) is 0. The van der Waals surface area contributed by atoms with Crippen molar-refractivity contribution in [2.75, 3.05) is 45.2 Å². The van der Waals surface area contributed by atoms with Crippen LogP contribution in [0.1, 0.15) is 42.9 Å². The maximum absolute atomic E-state index is 12.6. The highest BCUT2D eigenvalue weighted by Crippen LogP contribution is 2.36. The Morgan fingerprint density at radius 2 is 2.19 bits per heavy atom. The van der Waals surface area contributed by atoms with Gasteiger partial charge in [0.15, 0.2) is 5.13 Å². The number of carboxylic acid groups (broad SMARTS) is 1. The highest BCUT2D eigenvalue weighted by atomic mass is 32.1. The Labute approximate surface area is 163 Å². The first kappa shape index (κ1) is 20.0. The molecule has 0 bridgehead atoms. The van der Waals surface area contributed by atoms with Crippen LogP contribution >= 0.6 is 11.3 Å². The van der Waals surface area contributed by atoms with Gasteiger partial charge in [0.1, 0.15) is 0 Å². The molecule has 0 spiro atoms. The van der Waals surface area contributed by atoms with E-state index >= 15 is 0 Å². The molecular weight excluding hydrogens is 368 g/mol. The Morgan fingerprint density at radius 1 is 1.41 bits per heavy atom. The molecule has 1 atom stereocenters. The third-order valence-electron chi connectivity index (χ3n) is 5.09. The van der Waals surface area contributed by atoms with Gasteiger partial charge in [-0.05, 0) is 25.8 Å². The molecule has 1 aliphatic carbocycles. The molecule has 2 fully saturated rings. The van der Waals surface area contributed by atoms with Gasteiger partial charge in [-0.2, -0.15) is 0 Å². The molecule has 2 N–H and O–H groups in total. The number of likely N-dealkylation sites (N-methyl/N-ethyl adjacent to an activating group) is 1. The number of carboxylic acids is 1. The normalized spacial score (nSPS) is 21.4. The Kier molecular flexibility index (Phi) is 7.03. The van der Waals surface area contributed by atoms with Crippen LogP contribution in [0.4, 0.5) is 9.93 Å². The average Bonchev–Trinajstić information content (AvgIpc) is 3.10. The maximum Gasteiger partial charge on any atom is 0.323 e. The van der Waals surface area contributed by atoms with Crippen molar-refractivity contribution in [2.45, 2.75) is 44.1 Å². The Balaban J connectivity index is 1.50. The number of aliphatic carboxylic acids is 1. The molecule has 0 aromatic carbocycles. The minimum Gasteiger partial charge on any atom is -0.480 e. The largest absolute Gasteiger partial charge is 0.480 e. The van der Waals surface area contributed by atoms with E-state index in [9.17, 15) is 9.59 Å². The van der Waals surface area contributed by atoms with Gasteiger partial charge in [-0.15, -0.1) is 11.3 Å². The van der Waals surface area contributed by atoms with Crippen LogP contribution in [0, 0.1) is 0 Å². The molecule has 150 valence electrons. The molecule has 1 aromatic rings. The minimum atomic E-state index is -0.875. The Bertz CT molecular complexity index is 647. The zero-order valence-electron chi connectivity index (χ0n) is 15.7. The van der Waals surface area contributed by atoms with Gasteiger partial charge < -0.3 is 14.7 Å². The molecule has 1 saturated carbocycles. The summed E-state index contributed by atoms with van der Waals surface area (Å²) >= 11 is 1.58. The Morgan fingerprint density at radius 3 is 2.93 bits per heavy atom. The summed E-state index contributed by atoms with van der Waals surface area (Å²) in [5.74, 6) is -0.292. The predicted molar refractivity (Wildman–Crippen MR) is 103 cm³/mol. The number of nitrogens with zero attached hydrogens (tertiary/aromatic N) is 3. The lowest BCUT2D eigenvalue weighted by molar-refractivity contribution is -0.138. The first-order valence-electron chi connectivity index (χ1n) is 9.55. The van der Waals surface area contributed by atoms with Gasteiger partial charge in [-0.25, -0.2) is 9.78 Å². The summed E-state index contributed by atoms with van der Waals surface area (Å²) in [6, 6.07) is -0.172. The summed E-state index contributed by atoms with van der Waals surface area (Å²) in [6.45, 7) is 1.83. The summed E-state index contributed by atoms with van der Waals surface area (Å²) in [4.78, 5) is 32.4. The molecule has 2 heterocycles. The lowest BCUT2D eigenvalue weighted by atomic mass is 9.89. The van der Waals surface area contributed by atoms with Crippen molar-refractivity contribution in [3.05, 3.63) is 11.1 Å². The Hall–Kier alpha value is -1.71. The van der Waals surface area contributed by atoms with Crippen molar-refractivity contribution in [3.63, 3.8) is 0 Å². The van der Waals surface area contributed by atoms with Gasteiger partial charge >= 0.3 is 12.0 Å². The number of morpholine rings is 1. The fraction of sp³-hybridized carbons (Fsp3) is 0.722. The standard InChI is InChI=1S/C18H28N4O4S/c1-21(12-16(23)24)10-14-11-22(7-8-26-14)18(25)20-17-19-9-15(27-17)13-5-3-2-4-6-13/h9,13-14H,2-8,10-12H2,1H3,(H,23,24)(H,19,20,25). The van der Waals surface area contributed by atoms with Crippen LogP contribution in [0.5, 0.6) is 0 Å². The minimum absolute atomic E-state index is 0.0465. The number of rotatable bonds is 6. The van der Waals surface area contributed by atoms with Crippen LogP contribution in [0.15, 0.2) is 6.20 Å². The molecule has 8 nitrogen and oxygen atoms in total. The molecule has 2 aliphatic rings. The van der Waals surface area contributed by atoms with E-state index in [1.54, 1.807) is 28.2 Å². The second-order valence-corrected chi connectivity index (χ2v) is 8.42. The molecule has 1 aliphatic heterocycles. The molecule has 1 aromatic heterocycles. The van der Waals surface area contributed by atoms with E-state index in [4.69, 9.17) is 9.84 Å². The zero-order valence-corrected chi connectivity index (χ0v) is 16.5. The SMILES string of the molecule is CN(CC(=O)O)CC1CN(C(=O)Nc2ncc(C3CCCCC3)s2)CCO1. The molecule has 1 saturated heterocycles. The number of carbonyl (C=O) groups excluding carboxylic acids is 1. The smallest absolute Gasteiger partial charge is 0.323 e. The van der Waals surface area contributed by atoms with E-state index in [1.165, 1.54) is 37.0 Å². The van der Waals surface area contributed by atoms with Crippen molar-refractivity contribution in [3.8, 4) is 0 Å². The second kappa shape index (κ2) is 9.48. The summed E-state index contributed by atoms with van der Waals surface area (Å²) < 4.78 is 5.67. The number of amides is 2. The lowest BCUT2D eigenvalue weighted by Gasteiger charge is -2.34. The number of hydrogen-bond donors (Lipinski definition) is 2. The van der Waals surface area contributed by atoms with Crippen molar-refractivity contribution in [1.82, 2.24) is 14.8 Å².